The van der Waals surface area contributed by atoms with Gasteiger partial charge in [-0.2, -0.15) is 0 Å². The summed E-state index contributed by atoms with van der Waals surface area (Å²) in [7, 11) is 0. The first-order valence-electron chi connectivity index (χ1n) is 5.64. The highest BCUT2D eigenvalue weighted by Gasteiger charge is 2.29. The lowest BCUT2D eigenvalue weighted by molar-refractivity contribution is -0.120. The van der Waals surface area contributed by atoms with E-state index in [2.05, 4.69) is 15.6 Å². The summed E-state index contributed by atoms with van der Waals surface area (Å²) in [6, 6.07) is 4.06. The van der Waals surface area contributed by atoms with Crippen molar-refractivity contribution in [1.29, 1.82) is 0 Å². The van der Waals surface area contributed by atoms with Gasteiger partial charge in [-0.3, -0.25) is 4.79 Å². The van der Waals surface area contributed by atoms with E-state index < -0.39 is 0 Å². The number of aromatic nitrogens is 1. The van der Waals surface area contributed by atoms with Crippen LogP contribution in [-0.2, 0) is 4.79 Å². The van der Waals surface area contributed by atoms with Crippen molar-refractivity contribution in [3.63, 3.8) is 0 Å². The van der Waals surface area contributed by atoms with Crippen molar-refractivity contribution in [3.05, 3.63) is 23.9 Å². The van der Waals surface area contributed by atoms with Crippen LogP contribution in [0.2, 0.25) is 0 Å². The molecule has 0 bridgehead atoms. The summed E-state index contributed by atoms with van der Waals surface area (Å²) in [6.07, 6.45) is 2.60. The van der Waals surface area contributed by atoms with Crippen LogP contribution in [0.4, 0.5) is 5.82 Å². The third kappa shape index (κ3) is 2.22. The van der Waals surface area contributed by atoms with Gasteiger partial charge in [0.25, 0.3) is 0 Å². The third-order valence-electron chi connectivity index (χ3n) is 3.11. The van der Waals surface area contributed by atoms with Crippen molar-refractivity contribution in [3.8, 4) is 0 Å². The molecular weight excluding hydrogens is 202 g/mol. The zero-order chi connectivity index (χ0) is 11.5. The molecule has 4 nitrogen and oxygen atoms in total. The zero-order valence-electron chi connectivity index (χ0n) is 9.66. The smallest absolute Gasteiger partial charge is 0.230 e. The summed E-state index contributed by atoms with van der Waals surface area (Å²) in [4.78, 5) is 16.1. The number of aryl methyl sites for hydroxylation is 1. The monoisotopic (exact) mass is 219 g/mol. The maximum atomic E-state index is 12.0. The molecule has 0 saturated carbocycles. The second-order valence-electron chi connectivity index (χ2n) is 4.30. The van der Waals surface area contributed by atoms with Gasteiger partial charge < -0.3 is 10.6 Å². The minimum absolute atomic E-state index is 0.0569. The van der Waals surface area contributed by atoms with E-state index in [1.165, 1.54) is 0 Å². The van der Waals surface area contributed by atoms with Crippen molar-refractivity contribution < 1.29 is 4.79 Å². The Bertz CT molecular complexity index is 392. The highest BCUT2D eigenvalue weighted by Crippen LogP contribution is 2.18. The fourth-order valence-corrected chi connectivity index (χ4v) is 2.04. The van der Waals surface area contributed by atoms with Crippen molar-refractivity contribution in [2.75, 3.05) is 11.9 Å². The van der Waals surface area contributed by atoms with Crippen LogP contribution in [0.25, 0.3) is 0 Å². The minimum Gasteiger partial charge on any atom is -0.313 e. The lowest BCUT2D eigenvalue weighted by atomic mass is 10.0. The number of pyridine rings is 1. The summed E-state index contributed by atoms with van der Waals surface area (Å²) in [5.74, 6) is 0.798. The van der Waals surface area contributed by atoms with Crippen LogP contribution in [0.1, 0.15) is 18.9 Å². The Kier molecular flexibility index (Phi) is 3.19. The molecule has 1 aromatic heterocycles. The van der Waals surface area contributed by atoms with Gasteiger partial charge >= 0.3 is 0 Å². The number of amides is 1. The summed E-state index contributed by atoms with van der Waals surface area (Å²) in [5.41, 5.74) is 0.995. The van der Waals surface area contributed by atoms with E-state index in [0.29, 0.717) is 5.82 Å². The Labute approximate surface area is 95.5 Å². The van der Waals surface area contributed by atoms with Crippen molar-refractivity contribution in [1.82, 2.24) is 10.3 Å². The van der Waals surface area contributed by atoms with Gasteiger partial charge in [0.05, 0.1) is 5.92 Å². The summed E-state index contributed by atoms with van der Waals surface area (Å²) in [6.45, 7) is 4.90. The molecule has 2 atom stereocenters. The van der Waals surface area contributed by atoms with E-state index in [-0.39, 0.29) is 17.9 Å². The maximum Gasteiger partial charge on any atom is 0.230 e. The first-order chi connectivity index (χ1) is 7.68. The van der Waals surface area contributed by atoms with Gasteiger partial charge in [-0.05, 0) is 38.4 Å². The third-order valence-corrected chi connectivity index (χ3v) is 3.11. The fraction of sp³-hybridized carbons (Fsp3) is 0.500. The van der Waals surface area contributed by atoms with E-state index in [1.54, 1.807) is 6.20 Å². The lowest BCUT2D eigenvalue weighted by Crippen LogP contribution is -2.32. The number of carbonyl (C=O) groups is 1. The van der Waals surface area contributed by atoms with E-state index in [4.69, 9.17) is 0 Å². The molecule has 0 aliphatic carbocycles. The van der Waals surface area contributed by atoms with Crippen LogP contribution in [0, 0.1) is 12.8 Å². The molecule has 1 aliphatic rings. The SMILES string of the molecule is Cc1cccnc1NC(=O)C1CCNC1C. The quantitative estimate of drug-likeness (QED) is 0.789. The number of hydrogen-bond donors (Lipinski definition) is 2. The number of nitrogens with zero attached hydrogens (tertiary/aromatic N) is 1. The van der Waals surface area contributed by atoms with Crippen LogP contribution < -0.4 is 10.6 Å². The molecule has 1 amide bonds. The van der Waals surface area contributed by atoms with Crippen LogP contribution in [0.5, 0.6) is 0 Å². The lowest BCUT2D eigenvalue weighted by Gasteiger charge is -2.15. The van der Waals surface area contributed by atoms with Gasteiger partial charge in [0.2, 0.25) is 5.91 Å². The van der Waals surface area contributed by atoms with E-state index in [1.807, 2.05) is 26.0 Å². The number of rotatable bonds is 2. The van der Waals surface area contributed by atoms with Gasteiger partial charge in [0, 0.05) is 12.2 Å². The van der Waals surface area contributed by atoms with Crippen LogP contribution >= 0.6 is 0 Å². The average Bonchev–Trinajstić information content (AvgIpc) is 2.68. The average molecular weight is 219 g/mol. The number of carbonyl (C=O) groups excluding carboxylic acids is 1. The highest BCUT2D eigenvalue weighted by atomic mass is 16.2. The molecule has 16 heavy (non-hydrogen) atoms. The fourth-order valence-electron chi connectivity index (χ4n) is 2.04. The van der Waals surface area contributed by atoms with Gasteiger partial charge in [0.1, 0.15) is 5.82 Å². The molecule has 2 rings (SSSR count). The molecule has 2 heterocycles. The molecule has 4 heteroatoms. The summed E-state index contributed by atoms with van der Waals surface area (Å²) < 4.78 is 0. The Morgan fingerprint density at radius 3 is 3.06 bits per heavy atom. The molecule has 0 spiro atoms. The first kappa shape index (κ1) is 11.1. The zero-order valence-corrected chi connectivity index (χ0v) is 9.66. The minimum atomic E-state index is 0.0569. The normalized spacial score (nSPS) is 24.4. The van der Waals surface area contributed by atoms with Gasteiger partial charge in [-0.25, -0.2) is 4.98 Å². The van der Waals surface area contributed by atoms with Gasteiger partial charge in [-0.1, -0.05) is 6.07 Å². The van der Waals surface area contributed by atoms with Crippen LogP contribution in [0.15, 0.2) is 18.3 Å². The molecule has 1 fully saturated rings. The number of nitrogens with one attached hydrogen (secondary N) is 2. The molecule has 0 aromatic carbocycles. The second kappa shape index (κ2) is 4.61. The van der Waals surface area contributed by atoms with Crippen molar-refractivity contribution >= 4 is 11.7 Å². The van der Waals surface area contributed by atoms with Crippen LogP contribution in [0.3, 0.4) is 0 Å². The number of hydrogen-bond acceptors (Lipinski definition) is 3. The predicted molar refractivity (Wildman–Crippen MR) is 63.2 cm³/mol. The molecule has 1 aromatic rings. The largest absolute Gasteiger partial charge is 0.313 e. The van der Waals surface area contributed by atoms with Crippen molar-refractivity contribution in [2.24, 2.45) is 5.92 Å². The van der Waals surface area contributed by atoms with Crippen LogP contribution in [-0.4, -0.2) is 23.5 Å². The molecule has 2 N–H and O–H groups in total. The van der Waals surface area contributed by atoms with E-state index >= 15 is 0 Å². The second-order valence-corrected chi connectivity index (χ2v) is 4.30. The molecule has 1 saturated heterocycles. The topological polar surface area (TPSA) is 54.0 Å². The predicted octanol–water partition coefficient (Wildman–Crippen LogP) is 1.33. The number of anilines is 1. The summed E-state index contributed by atoms with van der Waals surface area (Å²) in [5, 5.41) is 6.16. The highest BCUT2D eigenvalue weighted by molar-refractivity contribution is 5.92. The Balaban J connectivity index is 2.05. The summed E-state index contributed by atoms with van der Waals surface area (Å²) >= 11 is 0. The Morgan fingerprint density at radius 2 is 2.44 bits per heavy atom. The molecule has 86 valence electrons. The van der Waals surface area contributed by atoms with Gasteiger partial charge in [-0.15, -0.1) is 0 Å². The molecule has 2 unspecified atom stereocenters. The first-order valence-corrected chi connectivity index (χ1v) is 5.64. The molecular formula is C12H17N3O. The van der Waals surface area contributed by atoms with Crippen molar-refractivity contribution in [2.45, 2.75) is 26.3 Å². The van der Waals surface area contributed by atoms with Gasteiger partial charge in [0.15, 0.2) is 0 Å². The van der Waals surface area contributed by atoms with E-state index in [9.17, 15) is 4.79 Å². The Morgan fingerprint density at radius 1 is 1.62 bits per heavy atom. The maximum absolute atomic E-state index is 12.0. The standard InChI is InChI=1S/C12H17N3O/c1-8-4-3-6-14-11(8)15-12(16)10-5-7-13-9(10)2/h3-4,6,9-10,13H,5,7H2,1-2H3,(H,14,15,16). The molecule has 1 aliphatic heterocycles. The van der Waals surface area contributed by atoms with E-state index in [0.717, 1.165) is 18.5 Å². The Hall–Kier alpha value is -1.42. The molecule has 0 radical (unpaired) electrons.